The Morgan fingerprint density at radius 3 is 2.38 bits per heavy atom. The summed E-state index contributed by atoms with van der Waals surface area (Å²) in [4.78, 5) is 11.3. The molecule has 0 saturated carbocycles. The van der Waals surface area contributed by atoms with E-state index in [1.807, 2.05) is 13.8 Å². The summed E-state index contributed by atoms with van der Waals surface area (Å²) in [5.41, 5.74) is 1.20. The van der Waals surface area contributed by atoms with Gasteiger partial charge in [-0.3, -0.25) is 0 Å². The lowest BCUT2D eigenvalue weighted by atomic mass is 10.3. The minimum Gasteiger partial charge on any atom is -0.460 e. The largest absolute Gasteiger partial charge is 0.460 e. The smallest absolute Gasteiger partial charge is 0.335 e. The number of carbonyl (C=O) groups excluding carboxylic acids is 1. The summed E-state index contributed by atoms with van der Waals surface area (Å²) in [6.45, 7) is 12.8. The summed E-state index contributed by atoms with van der Waals surface area (Å²) in [5.74, 6) is -0.443. The fourth-order valence-corrected chi connectivity index (χ4v) is 0.847. The molecular weight excluding hydrogens is 208 g/mol. The van der Waals surface area contributed by atoms with Gasteiger partial charge in [0, 0.05) is 6.61 Å². The Hall–Kier alpha value is -1.13. The Morgan fingerprint density at radius 2 is 1.81 bits per heavy atom. The van der Waals surface area contributed by atoms with Crippen molar-refractivity contribution in [3.63, 3.8) is 0 Å². The molecule has 0 rings (SSSR count). The summed E-state index contributed by atoms with van der Waals surface area (Å²) in [6, 6.07) is 0. The van der Waals surface area contributed by atoms with E-state index < -0.39 is 5.97 Å². The molecule has 0 unspecified atom stereocenters. The highest BCUT2D eigenvalue weighted by molar-refractivity contribution is 5.87. The maximum Gasteiger partial charge on any atom is 0.335 e. The summed E-state index contributed by atoms with van der Waals surface area (Å²) in [6.07, 6.45) is 0. The van der Waals surface area contributed by atoms with Crippen molar-refractivity contribution in [1.82, 2.24) is 0 Å². The number of hydrogen-bond donors (Lipinski definition) is 0. The van der Waals surface area contributed by atoms with Crippen LogP contribution in [-0.4, -0.2) is 39.0 Å². The van der Waals surface area contributed by atoms with Gasteiger partial charge in [-0.1, -0.05) is 18.7 Å². The van der Waals surface area contributed by atoms with Crippen LogP contribution in [0.15, 0.2) is 24.3 Å². The summed E-state index contributed by atoms with van der Waals surface area (Å²) >= 11 is 0. The molecule has 4 nitrogen and oxygen atoms in total. The molecule has 16 heavy (non-hydrogen) atoms. The molecule has 0 fully saturated rings. The third kappa shape index (κ3) is 8.20. The molecule has 0 spiro atoms. The van der Waals surface area contributed by atoms with Crippen LogP contribution in [0.4, 0.5) is 0 Å². The van der Waals surface area contributed by atoms with E-state index in [4.69, 9.17) is 14.2 Å². The van der Waals surface area contributed by atoms with Gasteiger partial charge in [-0.2, -0.15) is 0 Å². The molecule has 0 amide bonds. The van der Waals surface area contributed by atoms with Crippen LogP contribution in [0.25, 0.3) is 0 Å². The van der Waals surface area contributed by atoms with Crippen molar-refractivity contribution >= 4 is 5.97 Å². The van der Waals surface area contributed by atoms with Gasteiger partial charge in [0.2, 0.25) is 0 Å². The van der Waals surface area contributed by atoms with Crippen molar-refractivity contribution in [2.45, 2.75) is 13.8 Å². The van der Waals surface area contributed by atoms with E-state index in [0.717, 1.165) is 5.57 Å². The number of esters is 1. The maximum atomic E-state index is 11.3. The van der Waals surface area contributed by atoms with Gasteiger partial charge in [0.15, 0.2) is 0 Å². The van der Waals surface area contributed by atoms with Crippen LogP contribution in [-0.2, 0) is 19.0 Å². The zero-order valence-electron chi connectivity index (χ0n) is 10.1. The van der Waals surface area contributed by atoms with Gasteiger partial charge in [-0.15, -0.1) is 0 Å². The zero-order chi connectivity index (χ0) is 12.4. The fourth-order valence-electron chi connectivity index (χ4n) is 0.847. The molecule has 4 heteroatoms. The molecule has 0 heterocycles. The lowest BCUT2D eigenvalue weighted by Crippen LogP contribution is -2.15. The van der Waals surface area contributed by atoms with Crippen LogP contribution in [0.1, 0.15) is 13.8 Å². The van der Waals surface area contributed by atoms with Crippen LogP contribution in [0, 0.1) is 0 Å². The van der Waals surface area contributed by atoms with Gasteiger partial charge < -0.3 is 14.2 Å². The van der Waals surface area contributed by atoms with Gasteiger partial charge in [0.1, 0.15) is 6.61 Å². The second kappa shape index (κ2) is 9.12. The number of carbonyl (C=O) groups is 1. The Morgan fingerprint density at radius 1 is 1.12 bits per heavy atom. The molecule has 0 atom stereocenters. The van der Waals surface area contributed by atoms with Crippen LogP contribution in [0.3, 0.4) is 0 Å². The molecule has 0 radical (unpaired) electrons. The Bertz CT molecular complexity index is 245. The molecular formula is C12H20O4. The van der Waals surface area contributed by atoms with Crippen LogP contribution < -0.4 is 0 Å². The van der Waals surface area contributed by atoms with Crippen LogP contribution in [0.2, 0.25) is 0 Å². The summed E-state index contributed by atoms with van der Waals surface area (Å²) in [5, 5.41) is 0. The molecule has 0 saturated heterocycles. The van der Waals surface area contributed by atoms with E-state index in [2.05, 4.69) is 13.2 Å². The lowest BCUT2D eigenvalue weighted by Gasteiger charge is -2.07. The van der Waals surface area contributed by atoms with E-state index in [0.29, 0.717) is 25.4 Å². The first-order valence-corrected chi connectivity index (χ1v) is 5.22. The first-order chi connectivity index (χ1) is 7.57. The van der Waals surface area contributed by atoms with Crippen molar-refractivity contribution in [3.8, 4) is 0 Å². The molecule has 92 valence electrons. The summed E-state index contributed by atoms with van der Waals surface area (Å²) in [7, 11) is 0. The SMILES string of the molecule is C=C(C)COCC(=C)C(=O)OCCOCC. The van der Waals surface area contributed by atoms with Crippen molar-refractivity contribution < 1.29 is 19.0 Å². The molecule has 0 bridgehead atoms. The monoisotopic (exact) mass is 228 g/mol. The van der Waals surface area contributed by atoms with E-state index in [9.17, 15) is 4.79 Å². The van der Waals surface area contributed by atoms with Crippen LogP contribution >= 0.6 is 0 Å². The van der Waals surface area contributed by atoms with E-state index in [-0.39, 0.29) is 13.2 Å². The maximum absolute atomic E-state index is 11.3. The van der Waals surface area contributed by atoms with E-state index in [1.54, 1.807) is 0 Å². The number of rotatable bonds is 9. The highest BCUT2D eigenvalue weighted by atomic mass is 16.6. The lowest BCUT2D eigenvalue weighted by molar-refractivity contribution is -0.141. The Labute approximate surface area is 96.9 Å². The molecule has 0 aliphatic heterocycles. The topological polar surface area (TPSA) is 44.8 Å². The van der Waals surface area contributed by atoms with Crippen molar-refractivity contribution in [2.24, 2.45) is 0 Å². The third-order valence-corrected chi connectivity index (χ3v) is 1.58. The van der Waals surface area contributed by atoms with Crippen molar-refractivity contribution in [1.29, 1.82) is 0 Å². The number of hydrogen-bond acceptors (Lipinski definition) is 4. The minimum atomic E-state index is -0.443. The van der Waals surface area contributed by atoms with Gasteiger partial charge in [0.25, 0.3) is 0 Å². The minimum absolute atomic E-state index is 0.167. The first-order valence-electron chi connectivity index (χ1n) is 5.22. The molecule has 0 aliphatic rings. The average Bonchev–Trinajstić information content (AvgIpc) is 2.23. The summed E-state index contributed by atoms with van der Waals surface area (Å²) < 4.78 is 15.1. The molecule has 0 N–H and O–H groups in total. The second-order valence-electron chi connectivity index (χ2n) is 3.39. The average molecular weight is 228 g/mol. The van der Waals surface area contributed by atoms with Gasteiger partial charge in [0.05, 0.1) is 25.4 Å². The Kier molecular flexibility index (Phi) is 8.48. The van der Waals surface area contributed by atoms with Crippen molar-refractivity contribution in [3.05, 3.63) is 24.3 Å². The highest BCUT2D eigenvalue weighted by Crippen LogP contribution is 1.98. The molecule has 0 aromatic heterocycles. The first kappa shape index (κ1) is 14.9. The highest BCUT2D eigenvalue weighted by Gasteiger charge is 2.08. The Balaban J connectivity index is 3.57. The molecule has 0 aliphatic carbocycles. The normalized spacial score (nSPS) is 9.88. The van der Waals surface area contributed by atoms with Crippen molar-refractivity contribution in [2.75, 3.05) is 33.0 Å². The van der Waals surface area contributed by atoms with E-state index in [1.165, 1.54) is 0 Å². The van der Waals surface area contributed by atoms with Crippen LogP contribution in [0.5, 0.6) is 0 Å². The molecule has 0 aromatic carbocycles. The second-order valence-corrected chi connectivity index (χ2v) is 3.39. The number of ether oxygens (including phenoxy) is 3. The van der Waals surface area contributed by atoms with Gasteiger partial charge >= 0.3 is 5.97 Å². The van der Waals surface area contributed by atoms with Gasteiger partial charge in [-0.25, -0.2) is 4.79 Å². The quantitative estimate of drug-likeness (QED) is 0.261. The molecule has 0 aromatic rings. The third-order valence-electron chi connectivity index (χ3n) is 1.58. The predicted octanol–water partition coefficient (Wildman–Crippen LogP) is 1.72. The zero-order valence-corrected chi connectivity index (χ0v) is 10.1. The van der Waals surface area contributed by atoms with Gasteiger partial charge in [-0.05, 0) is 13.8 Å². The standard InChI is InChI=1S/C12H20O4/c1-5-14-6-7-16-12(13)11(4)9-15-8-10(2)3/h2,4-9H2,1,3H3. The van der Waals surface area contributed by atoms with E-state index >= 15 is 0 Å². The predicted molar refractivity (Wildman–Crippen MR) is 62.2 cm³/mol. The fraction of sp³-hybridized carbons (Fsp3) is 0.583.